The zero-order valence-corrected chi connectivity index (χ0v) is 19.1. The summed E-state index contributed by atoms with van der Waals surface area (Å²) in [5.41, 5.74) is 11.8. The van der Waals surface area contributed by atoms with Crippen molar-refractivity contribution < 1.29 is 9.59 Å². The Morgan fingerprint density at radius 1 is 1.03 bits per heavy atom. The van der Waals surface area contributed by atoms with E-state index in [1.165, 1.54) is 6.42 Å². The van der Waals surface area contributed by atoms with Crippen LogP contribution < -0.4 is 11.2 Å². The first kappa shape index (κ1) is 22.3. The first-order chi connectivity index (χ1) is 15.3. The molecule has 9 heteroatoms. The second kappa shape index (κ2) is 9.32. The van der Waals surface area contributed by atoms with Gasteiger partial charge in [0.1, 0.15) is 0 Å². The second-order valence-corrected chi connectivity index (χ2v) is 8.60. The molecule has 0 spiro atoms. The molecule has 1 saturated heterocycles. The molecule has 0 radical (unpaired) electrons. The Labute approximate surface area is 196 Å². The summed E-state index contributed by atoms with van der Waals surface area (Å²) < 4.78 is 1.64. The summed E-state index contributed by atoms with van der Waals surface area (Å²) in [6, 6.07) is 11.9. The number of hydrazine groups is 1. The van der Waals surface area contributed by atoms with E-state index < -0.39 is 5.91 Å². The number of nitrogens with two attached hydrogens (primary N) is 1. The molecule has 1 aromatic heterocycles. The van der Waals surface area contributed by atoms with Crippen molar-refractivity contribution in [2.75, 3.05) is 13.1 Å². The molecule has 2 amide bonds. The van der Waals surface area contributed by atoms with Gasteiger partial charge in [-0.05, 0) is 50.1 Å². The van der Waals surface area contributed by atoms with E-state index in [4.69, 9.17) is 28.9 Å². The molecule has 4 rings (SSSR count). The highest BCUT2D eigenvalue weighted by atomic mass is 35.5. The predicted molar refractivity (Wildman–Crippen MR) is 125 cm³/mol. The van der Waals surface area contributed by atoms with Crippen LogP contribution in [0.2, 0.25) is 10.0 Å². The van der Waals surface area contributed by atoms with Crippen molar-refractivity contribution in [2.24, 2.45) is 5.73 Å². The average molecular weight is 472 g/mol. The molecule has 1 fully saturated rings. The van der Waals surface area contributed by atoms with Gasteiger partial charge in [0.25, 0.3) is 5.91 Å². The van der Waals surface area contributed by atoms with Crippen LogP contribution in [-0.2, 0) is 0 Å². The van der Waals surface area contributed by atoms with Gasteiger partial charge in [0.15, 0.2) is 5.69 Å². The number of amides is 2. The maximum absolute atomic E-state index is 13.1. The molecule has 1 aliphatic rings. The topological polar surface area (TPSA) is 93.2 Å². The monoisotopic (exact) mass is 471 g/mol. The molecule has 0 atom stereocenters. The van der Waals surface area contributed by atoms with Gasteiger partial charge in [0, 0.05) is 34.8 Å². The van der Waals surface area contributed by atoms with Crippen molar-refractivity contribution in [3.05, 3.63) is 69.3 Å². The number of halogens is 2. The lowest BCUT2D eigenvalue weighted by atomic mass is 10.0. The van der Waals surface area contributed by atoms with E-state index in [9.17, 15) is 9.59 Å². The first-order valence-corrected chi connectivity index (χ1v) is 11.1. The highest BCUT2D eigenvalue weighted by Gasteiger charge is 2.25. The van der Waals surface area contributed by atoms with Gasteiger partial charge < -0.3 is 5.73 Å². The van der Waals surface area contributed by atoms with E-state index in [1.807, 2.05) is 11.9 Å². The summed E-state index contributed by atoms with van der Waals surface area (Å²) in [7, 11) is 0. The maximum atomic E-state index is 13.1. The smallest absolute Gasteiger partial charge is 0.286 e. The number of primary amides is 1. The molecule has 1 aliphatic heterocycles. The van der Waals surface area contributed by atoms with Crippen LogP contribution in [0.4, 0.5) is 0 Å². The highest BCUT2D eigenvalue weighted by molar-refractivity contribution is 6.35. The number of carbonyl (C=O) groups excluding carboxylic acids is 2. The number of carbonyl (C=O) groups is 2. The van der Waals surface area contributed by atoms with Gasteiger partial charge in [-0.2, -0.15) is 5.10 Å². The van der Waals surface area contributed by atoms with Crippen molar-refractivity contribution in [3.8, 4) is 16.9 Å². The van der Waals surface area contributed by atoms with Crippen LogP contribution in [0.3, 0.4) is 0 Å². The third-order valence-corrected chi connectivity index (χ3v) is 6.07. The van der Waals surface area contributed by atoms with Gasteiger partial charge in [-0.25, -0.2) is 9.69 Å². The van der Waals surface area contributed by atoms with Crippen LogP contribution in [0.15, 0.2) is 42.5 Å². The van der Waals surface area contributed by atoms with Crippen LogP contribution in [0.1, 0.15) is 45.7 Å². The van der Waals surface area contributed by atoms with Gasteiger partial charge in [-0.3, -0.25) is 15.0 Å². The summed E-state index contributed by atoms with van der Waals surface area (Å²) >= 11 is 12.5. The summed E-state index contributed by atoms with van der Waals surface area (Å²) in [6.45, 7) is 3.47. The average Bonchev–Trinajstić information content (AvgIpc) is 3.11. The Morgan fingerprint density at radius 2 is 1.72 bits per heavy atom. The van der Waals surface area contributed by atoms with Crippen molar-refractivity contribution in [1.82, 2.24) is 20.2 Å². The summed E-state index contributed by atoms with van der Waals surface area (Å²) in [4.78, 5) is 24.6. The second-order valence-electron chi connectivity index (χ2n) is 7.76. The first-order valence-electron chi connectivity index (χ1n) is 10.4. The fourth-order valence-electron chi connectivity index (χ4n) is 3.87. The summed E-state index contributed by atoms with van der Waals surface area (Å²) in [6.07, 6.45) is 3.26. The third kappa shape index (κ3) is 4.50. The quantitative estimate of drug-likeness (QED) is 0.576. The number of benzene rings is 2. The lowest BCUT2D eigenvalue weighted by Gasteiger charge is -2.26. The number of aromatic nitrogens is 2. The van der Waals surface area contributed by atoms with Crippen molar-refractivity contribution in [3.63, 3.8) is 0 Å². The van der Waals surface area contributed by atoms with E-state index in [-0.39, 0.29) is 5.91 Å². The molecule has 2 aromatic carbocycles. The third-order valence-electron chi connectivity index (χ3n) is 5.53. The molecule has 0 saturated carbocycles. The molecule has 7 nitrogen and oxygen atoms in total. The van der Waals surface area contributed by atoms with E-state index in [0.29, 0.717) is 38.2 Å². The van der Waals surface area contributed by atoms with Gasteiger partial charge in [0.2, 0.25) is 5.91 Å². The van der Waals surface area contributed by atoms with Crippen LogP contribution in [0.5, 0.6) is 0 Å². The standard InChI is InChI=1S/C23H23Cl2N5O2/c1-14-20(23(32)28-29-11-3-2-4-12-29)27-30(19-10-9-17(24)13-18(19)25)21(14)15-5-7-16(8-6-15)22(26)31/h5-10,13H,2-4,11-12H2,1H3,(H2,26,31)(H,28,32). The van der Waals surface area contributed by atoms with Crippen molar-refractivity contribution in [2.45, 2.75) is 26.2 Å². The minimum Gasteiger partial charge on any atom is -0.366 e. The minimum absolute atomic E-state index is 0.275. The molecule has 0 bridgehead atoms. The molecule has 3 N–H and O–H groups in total. The Hall–Kier alpha value is -2.87. The molecule has 0 unspecified atom stereocenters. The molecule has 166 valence electrons. The fourth-order valence-corrected chi connectivity index (χ4v) is 4.36. The molecular formula is C23H23Cl2N5O2. The van der Waals surface area contributed by atoms with Crippen LogP contribution in [-0.4, -0.2) is 39.7 Å². The molecule has 2 heterocycles. The summed E-state index contributed by atoms with van der Waals surface area (Å²) in [5.74, 6) is -0.785. The van der Waals surface area contributed by atoms with Gasteiger partial charge in [0.05, 0.1) is 16.4 Å². The number of piperidine rings is 1. The van der Waals surface area contributed by atoms with Crippen LogP contribution in [0.25, 0.3) is 16.9 Å². The number of hydrogen-bond acceptors (Lipinski definition) is 4. The lowest BCUT2D eigenvalue weighted by molar-refractivity contribution is 0.0743. The molecule has 0 aliphatic carbocycles. The molecular weight excluding hydrogens is 449 g/mol. The number of hydrogen-bond donors (Lipinski definition) is 2. The molecule has 3 aromatic rings. The predicted octanol–water partition coefficient (Wildman–Crippen LogP) is 4.38. The number of rotatable bonds is 5. The van der Waals surface area contributed by atoms with E-state index in [0.717, 1.165) is 31.5 Å². The zero-order chi connectivity index (χ0) is 22.8. The van der Waals surface area contributed by atoms with Crippen molar-refractivity contribution in [1.29, 1.82) is 0 Å². The highest BCUT2D eigenvalue weighted by Crippen LogP contribution is 2.33. The Bertz CT molecular complexity index is 1170. The lowest BCUT2D eigenvalue weighted by Crippen LogP contribution is -2.45. The SMILES string of the molecule is Cc1c(C(=O)NN2CCCCC2)nn(-c2ccc(Cl)cc2Cl)c1-c1ccc(C(N)=O)cc1. The van der Waals surface area contributed by atoms with E-state index in [1.54, 1.807) is 47.1 Å². The number of nitrogens with zero attached hydrogens (tertiary/aromatic N) is 3. The van der Waals surface area contributed by atoms with Crippen LogP contribution in [0, 0.1) is 6.92 Å². The largest absolute Gasteiger partial charge is 0.366 e. The Kier molecular flexibility index (Phi) is 6.50. The van der Waals surface area contributed by atoms with Gasteiger partial charge >= 0.3 is 0 Å². The minimum atomic E-state index is -0.510. The van der Waals surface area contributed by atoms with E-state index >= 15 is 0 Å². The van der Waals surface area contributed by atoms with Gasteiger partial charge in [-0.15, -0.1) is 0 Å². The van der Waals surface area contributed by atoms with Crippen molar-refractivity contribution >= 4 is 35.0 Å². The fraction of sp³-hybridized carbons (Fsp3) is 0.261. The number of nitrogens with one attached hydrogen (secondary N) is 1. The summed E-state index contributed by atoms with van der Waals surface area (Å²) in [5, 5.41) is 7.46. The molecule has 32 heavy (non-hydrogen) atoms. The van der Waals surface area contributed by atoms with Crippen LogP contribution >= 0.6 is 23.2 Å². The van der Waals surface area contributed by atoms with Gasteiger partial charge in [-0.1, -0.05) is 41.8 Å². The maximum Gasteiger partial charge on any atom is 0.286 e. The zero-order valence-electron chi connectivity index (χ0n) is 17.6. The normalized spacial score (nSPS) is 14.3. The Morgan fingerprint density at radius 3 is 2.34 bits per heavy atom. The van der Waals surface area contributed by atoms with E-state index in [2.05, 4.69) is 10.5 Å². The Balaban J connectivity index is 1.80.